The van der Waals surface area contributed by atoms with Gasteiger partial charge >= 0.3 is 0 Å². The highest BCUT2D eigenvalue weighted by atomic mass is 15.5. The van der Waals surface area contributed by atoms with Crippen LogP contribution >= 0.6 is 0 Å². The highest BCUT2D eigenvalue weighted by Crippen LogP contribution is 2.29. The number of piperazine rings is 3. The molecule has 3 saturated heterocycles. The smallest absolute Gasteiger partial charge is 0.129 e. The summed E-state index contributed by atoms with van der Waals surface area (Å²) in [6, 6.07) is 9.08. The van der Waals surface area contributed by atoms with Gasteiger partial charge < -0.3 is 8.97 Å². The summed E-state index contributed by atoms with van der Waals surface area (Å²) in [5.74, 6) is 0. The molecule has 0 saturated carbocycles. The molecule has 3 heterocycles. The van der Waals surface area contributed by atoms with Gasteiger partial charge in [-0.3, -0.25) is 0 Å². The molecule has 0 aliphatic carbocycles. The summed E-state index contributed by atoms with van der Waals surface area (Å²) >= 11 is 0. The Kier molecular flexibility index (Phi) is 8.81. The topological polar surface area (TPSA) is 0 Å². The predicted molar refractivity (Wildman–Crippen MR) is 127 cm³/mol. The molecule has 3 aliphatic heterocycles. The van der Waals surface area contributed by atoms with Crippen LogP contribution in [-0.4, -0.2) is 54.8 Å². The third kappa shape index (κ3) is 6.69. The van der Waals surface area contributed by atoms with E-state index in [2.05, 4.69) is 37.8 Å². The number of nitrogens with zero attached hydrogens (tertiary/aromatic N) is 2. The van der Waals surface area contributed by atoms with Crippen molar-refractivity contribution in [1.82, 2.24) is 0 Å². The Morgan fingerprint density at radius 3 is 1.69 bits per heavy atom. The molecule has 0 amide bonds. The van der Waals surface area contributed by atoms with Crippen molar-refractivity contribution in [3.05, 3.63) is 42.0 Å². The second-order valence-electron chi connectivity index (χ2n) is 10.0. The standard InChI is InChI=1S/C27H46N2/c1-3-5-6-7-8-9-10-11-12-13-18-28-19-22-29(23-20-28,24-21-28)25-27-16-14-26(4-2)15-17-27/h4,14-17H,2-3,5-13,18-25H2,1H3/q+2. The van der Waals surface area contributed by atoms with Crippen LogP contribution in [0.3, 0.4) is 0 Å². The summed E-state index contributed by atoms with van der Waals surface area (Å²) in [4.78, 5) is 0. The molecule has 0 spiro atoms. The predicted octanol–water partition coefficient (Wildman–Crippen LogP) is 6.41. The monoisotopic (exact) mass is 398 g/mol. The van der Waals surface area contributed by atoms with Crippen LogP contribution in [0.15, 0.2) is 30.8 Å². The number of unbranched alkanes of at least 4 members (excludes halogenated alkanes) is 9. The van der Waals surface area contributed by atoms with Gasteiger partial charge in [-0.15, -0.1) is 0 Å². The summed E-state index contributed by atoms with van der Waals surface area (Å²) in [6.45, 7) is 17.3. The minimum absolute atomic E-state index is 1.23. The molecule has 1 aromatic rings. The first-order valence-corrected chi connectivity index (χ1v) is 12.6. The fourth-order valence-corrected chi connectivity index (χ4v) is 5.60. The van der Waals surface area contributed by atoms with Crippen LogP contribution in [0.1, 0.15) is 82.3 Å². The number of hydrogen-bond acceptors (Lipinski definition) is 0. The van der Waals surface area contributed by atoms with E-state index < -0.39 is 0 Å². The highest BCUT2D eigenvalue weighted by molar-refractivity contribution is 5.47. The Labute approximate surface area is 180 Å². The first kappa shape index (κ1) is 22.6. The SMILES string of the molecule is C=Cc1ccc(C[N+]23CC[N+](CCCCCCCCCCCC)(CC2)CC3)cc1. The zero-order valence-corrected chi connectivity index (χ0v) is 19.2. The Morgan fingerprint density at radius 1 is 0.690 bits per heavy atom. The summed E-state index contributed by atoms with van der Waals surface area (Å²) in [7, 11) is 0. The van der Waals surface area contributed by atoms with Crippen LogP contribution in [0.4, 0.5) is 0 Å². The van der Waals surface area contributed by atoms with Gasteiger partial charge in [0, 0.05) is 5.56 Å². The van der Waals surface area contributed by atoms with Gasteiger partial charge in [-0.05, 0) is 18.4 Å². The minimum atomic E-state index is 1.23. The van der Waals surface area contributed by atoms with Gasteiger partial charge in [0.05, 0.1) is 6.54 Å². The summed E-state index contributed by atoms with van der Waals surface area (Å²) in [5.41, 5.74) is 2.74. The van der Waals surface area contributed by atoms with E-state index in [9.17, 15) is 0 Å². The van der Waals surface area contributed by atoms with Crippen molar-refractivity contribution < 1.29 is 8.97 Å². The first-order chi connectivity index (χ1) is 14.2. The Bertz CT molecular complexity index is 579. The lowest BCUT2D eigenvalue weighted by atomic mass is 10.0. The van der Waals surface area contributed by atoms with Crippen molar-refractivity contribution in [2.45, 2.75) is 77.7 Å². The maximum atomic E-state index is 3.87. The fourth-order valence-electron chi connectivity index (χ4n) is 5.60. The molecule has 3 aliphatic rings. The van der Waals surface area contributed by atoms with E-state index in [0.717, 1.165) is 0 Å². The molecular formula is C27H46N2+2. The Hall–Kier alpha value is -1.12. The molecule has 2 bridgehead atoms. The van der Waals surface area contributed by atoms with Crippen LogP contribution in [0, 0.1) is 0 Å². The zero-order valence-electron chi connectivity index (χ0n) is 19.2. The Balaban J connectivity index is 1.30. The molecule has 0 N–H and O–H groups in total. The lowest BCUT2D eigenvalue weighted by Crippen LogP contribution is -2.74. The molecule has 1 aromatic carbocycles. The average Bonchev–Trinajstić information content (AvgIpc) is 2.77. The third-order valence-corrected chi connectivity index (χ3v) is 7.87. The first-order valence-electron chi connectivity index (χ1n) is 12.6. The van der Waals surface area contributed by atoms with Crippen molar-refractivity contribution in [3.8, 4) is 0 Å². The molecule has 0 aromatic heterocycles. The highest BCUT2D eigenvalue weighted by Gasteiger charge is 2.48. The van der Waals surface area contributed by atoms with Gasteiger partial charge in [-0.1, -0.05) is 95.2 Å². The van der Waals surface area contributed by atoms with E-state index >= 15 is 0 Å². The van der Waals surface area contributed by atoms with Crippen LogP contribution in [0.2, 0.25) is 0 Å². The molecular weight excluding hydrogens is 352 g/mol. The largest absolute Gasteiger partial charge is 0.310 e. The lowest BCUT2D eigenvalue weighted by molar-refractivity contribution is -1.09. The van der Waals surface area contributed by atoms with Crippen LogP contribution in [0.25, 0.3) is 6.08 Å². The second-order valence-corrected chi connectivity index (χ2v) is 10.0. The van der Waals surface area contributed by atoms with Gasteiger partial charge in [0.2, 0.25) is 0 Å². The van der Waals surface area contributed by atoms with Gasteiger partial charge in [-0.2, -0.15) is 0 Å². The maximum absolute atomic E-state index is 3.87. The molecule has 0 radical (unpaired) electrons. The van der Waals surface area contributed by atoms with Crippen molar-refractivity contribution >= 4 is 6.08 Å². The molecule has 4 rings (SSSR count). The van der Waals surface area contributed by atoms with Gasteiger partial charge in [0.1, 0.15) is 45.8 Å². The van der Waals surface area contributed by atoms with Crippen LogP contribution in [-0.2, 0) is 6.54 Å². The lowest BCUT2D eigenvalue weighted by Gasteiger charge is -2.55. The van der Waals surface area contributed by atoms with E-state index in [1.165, 1.54) is 137 Å². The van der Waals surface area contributed by atoms with E-state index in [4.69, 9.17) is 0 Å². The average molecular weight is 399 g/mol. The number of quaternary nitrogens is 2. The number of hydrogen-bond donors (Lipinski definition) is 0. The van der Waals surface area contributed by atoms with Crippen molar-refractivity contribution in [1.29, 1.82) is 0 Å². The molecule has 0 unspecified atom stereocenters. The van der Waals surface area contributed by atoms with Crippen molar-refractivity contribution in [2.75, 3.05) is 45.8 Å². The van der Waals surface area contributed by atoms with Crippen LogP contribution < -0.4 is 0 Å². The van der Waals surface area contributed by atoms with E-state index in [-0.39, 0.29) is 0 Å². The zero-order chi connectivity index (χ0) is 20.4. The molecule has 3 fully saturated rings. The van der Waals surface area contributed by atoms with E-state index in [0.29, 0.717) is 0 Å². The van der Waals surface area contributed by atoms with Gasteiger partial charge in [-0.25, -0.2) is 0 Å². The van der Waals surface area contributed by atoms with E-state index in [1.54, 1.807) is 0 Å². The normalized spacial score (nSPS) is 26.0. The van der Waals surface area contributed by atoms with Gasteiger partial charge in [0.25, 0.3) is 0 Å². The molecule has 2 nitrogen and oxygen atoms in total. The third-order valence-electron chi connectivity index (χ3n) is 7.87. The summed E-state index contributed by atoms with van der Waals surface area (Å²) in [5, 5.41) is 0. The number of benzene rings is 1. The van der Waals surface area contributed by atoms with Crippen molar-refractivity contribution in [3.63, 3.8) is 0 Å². The van der Waals surface area contributed by atoms with Gasteiger partial charge in [0.15, 0.2) is 0 Å². The molecule has 29 heavy (non-hydrogen) atoms. The summed E-state index contributed by atoms with van der Waals surface area (Å²) in [6.07, 6.45) is 16.5. The number of rotatable bonds is 14. The van der Waals surface area contributed by atoms with Crippen molar-refractivity contribution in [2.24, 2.45) is 0 Å². The number of fused-ring (bicyclic) bond motifs is 3. The Morgan fingerprint density at radius 2 is 1.17 bits per heavy atom. The molecule has 162 valence electrons. The molecule has 0 atom stereocenters. The van der Waals surface area contributed by atoms with E-state index in [1.807, 2.05) is 6.08 Å². The van der Waals surface area contributed by atoms with Crippen LogP contribution in [0.5, 0.6) is 0 Å². The maximum Gasteiger partial charge on any atom is 0.129 e. The fraction of sp³-hybridized carbons (Fsp3) is 0.704. The quantitative estimate of drug-likeness (QED) is 0.251. The molecule has 2 heteroatoms. The summed E-state index contributed by atoms with van der Waals surface area (Å²) < 4.78 is 2.78. The second kappa shape index (κ2) is 11.3. The minimum Gasteiger partial charge on any atom is -0.310 e.